The third-order valence-corrected chi connectivity index (χ3v) is 6.23. The van der Waals surface area contributed by atoms with Gasteiger partial charge in [-0.1, -0.05) is 29.1 Å². The molecule has 2 aromatic heterocycles. The number of hydrogen-bond donors (Lipinski definition) is 0. The van der Waals surface area contributed by atoms with Crippen molar-refractivity contribution in [2.45, 2.75) is 24.0 Å². The third kappa shape index (κ3) is 2.98. The van der Waals surface area contributed by atoms with Gasteiger partial charge in [0.15, 0.2) is 11.0 Å². The number of anilines is 2. The summed E-state index contributed by atoms with van der Waals surface area (Å²) in [6, 6.07) is 7.63. The monoisotopic (exact) mass is 424 g/mol. The largest absolute Gasteiger partial charge is 0.441 e. The van der Waals surface area contributed by atoms with Crippen LogP contribution in [-0.4, -0.2) is 51.0 Å². The number of aromatic nitrogens is 4. The first-order valence-electron chi connectivity index (χ1n) is 9.69. The number of fused-ring (bicyclic) bond motifs is 3. The van der Waals surface area contributed by atoms with Gasteiger partial charge < -0.3 is 9.80 Å². The SMILES string of the molecule is CSc1ncc2c(n1)N1CCC[C@H]1CN(c1cccc(-c3noc(=O)n3C)c1)C2=O. The molecule has 154 valence electrons. The highest BCUT2D eigenvalue weighted by Crippen LogP contribution is 2.35. The van der Waals surface area contributed by atoms with Crippen molar-refractivity contribution < 1.29 is 9.32 Å². The highest BCUT2D eigenvalue weighted by Gasteiger charge is 2.37. The summed E-state index contributed by atoms with van der Waals surface area (Å²) in [6.07, 6.45) is 5.62. The van der Waals surface area contributed by atoms with Gasteiger partial charge in [-0.3, -0.25) is 13.9 Å². The highest BCUT2D eigenvalue weighted by molar-refractivity contribution is 7.98. The molecule has 0 unspecified atom stereocenters. The molecule has 10 heteroatoms. The number of hydrogen-bond acceptors (Lipinski definition) is 8. The predicted octanol–water partition coefficient (Wildman–Crippen LogP) is 2.18. The molecule has 5 rings (SSSR count). The molecule has 2 aliphatic heterocycles. The van der Waals surface area contributed by atoms with Crippen LogP contribution in [-0.2, 0) is 7.05 Å². The Balaban J connectivity index is 1.59. The second-order valence-electron chi connectivity index (χ2n) is 7.38. The Hall–Kier alpha value is -3.14. The molecule has 0 N–H and O–H groups in total. The molecule has 2 aliphatic rings. The molecule has 1 atom stereocenters. The summed E-state index contributed by atoms with van der Waals surface area (Å²) >= 11 is 1.47. The van der Waals surface area contributed by atoms with Crippen molar-refractivity contribution in [1.29, 1.82) is 0 Å². The first kappa shape index (κ1) is 18.9. The minimum atomic E-state index is -0.529. The molecule has 30 heavy (non-hydrogen) atoms. The van der Waals surface area contributed by atoms with E-state index in [0.717, 1.165) is 30.9 Å². The zero-order valence-electron chi connectivity index (χ0n) is 16.6. The van der Waals surface area contributed by atoms with Crippen LogP contribution in [0.1, 0.15) is 23.2 Å². The average Bonchev–Trinajstić information content (AvgIpc) is 3.35. The molecule has 3 aromatic rings. The van der Waals surface area contributed by atoms with Crippen molar-refractivity contribution in [3.63, 3.8) is 0 Å². The third-order valence-electron chi connectivity index (χ3n) is 5.66. The lowest BCUT2D eigenvalue weighted by molar-refractivity contribution is 0.0988. The summed E-state index contributed by atoms with van der Waals surface area (Å²) in [5.41, 5.74) is 1.95. The van der Waals surface area contributed by atoms with Crippen LogP contribution >= 0.6 is 11.8 Å². The van der Waals surface area contributed by atoms with Crippen LogP contribution in [0.15, 0.2) is 44.9 Å². The summed E-state index contributed by atoms with van der Waals surface area (Å²) in [7, 11) is 1.60. The minimum absolute atomic E-state index is 0.127. The molecular formula is C20H20N6O3S. The Kier molecular flexibility index (Phi) is 4.58. The van der Waals surface area contributed by atoms with Gasteiger partial charge >= 0.3 is 5.76 Å². The van der Waals surface area contributed by atoms with Gasteiger partial charge in [0.25, 0.3) is 5.91 Å². The Labute approximate surface area is 176 Å². The van der Waals surface area contributed by atoms with E-state index in [2.05, 4.69) is 20.0 Å². The van der Waals surface area contributed by atoms with E-state index in [1.807, 2.05) is 30.5 Å². The van der Waals surface area contributed by atoms with Gasteiger partial charge in [-0.2, -0.15) is 0 Å². The van der Waals surface area contributed by atoms with Crippen LogP contribution in [0.4, 0.5) is 11.5 Å². The van der Waals surface area contributed by atoms with Crippen molar-refractivity contribution in [3.05, 3.63) is 46.6 Å². The van der Waals surface area contributed by atoms with Crippen molar-refractivity contribution in [2.24, 2.45) is 7.05 Å². The maximum Gasteiger partial charge on any atom is 0.441 e. The zero-order valence-corrected chi connectivity index (χ0v) is 17.4. The Morgan fingerprint density at radius 1 is 1.27 bits per heavy atom. The van der Waals surface area contributed by atoms with Crippen LogP contribution < -0.4 is 15.6 Å². The lowest BCUT2D eigenvalue weighted by Crippen LogP contribution is -2.39. The lowest BCUT2D eigenvalue weighted by Gasteiger charge is -2.27. The van der Waals surface area contributed by atoms with Crippen molar-refractivity contribution in [1.82, 2.24) is 19.7 Å². The van der Waals surface area contributed by atoms with Crippen LogP contribution in [0.2, 0.25) is 0 Å². The van der Waals surface area contributed by atoms with Crippen LogP contribution in [0.25, 0.3) is 11.4 Å². The number of benzene rings is 1. The van der Waals surface area contributed by atoms with Crippen molar-refractivity contribution >= 4 is 29.2 Å². The van der Waals surface area contributed by atoms with Gasteiger partial charge in [-0.25, -0.2) is 14.8 Å². The Morgan fingerprint density at radius 3 is 2.90 bits per heavy atom. The molecular weight excluding hydrogens is 404 g/mol. The van der Waals surface area contributed by atoms with E-state index in [0.29, 0.717) is 28.7 Å². The first-order valence-corrected chi connectivity index (χ1v) is 10.9. The van der Waals surface area contributed by atoms with E-state index >= 15 is 0 Å². The standard InChI is InChI=1S/C20H20N6O3S/c1-24-16(23-29-20(24)28)12-5-3-6-13(9-12)26-11-14-7-4-8-25(14)17-15(18(26)27)10-21-19(22-17)30-2/h3,5-6,9-10,14H,4,7-8,11H2,1-2H3/t14-/m0/s1. The number of carbonyl (C=O) groups is 1. The van der Waals surface area contributed by atoms with Gasteiger partial charge in [0, 0.05) is 43.6 Å². The Bertz CT molecular complexity index is 1190. The van der Waals surface area contributed by atoms with E-state index in [1.165, 1.54) is 16.3 Å². The molecule has 1 amide bonds. The van der Waals surface area contributed by atoms with Gasteiger partial charge in [-0.15, -0.1) is 0 Å². The molecule has 0 radical (unpaired) electrons. The number of amides is 1. The average molecular weight is 424 g/mol. The summed E-state index contributed by atoms with van der Waals surface area (Å²) in [5.74, 6) is 0.483. The molecule has 1 aromatic carbocycles. The predicted molar refractivity (Wildman–Crippen MR) is 113 cm³/mol. The first-order chi connectivity index (χ1) is 14.6. The Morgan fingerprint density at radius 2 is 2.13 bits per heavy atom. The van der Waals surface area contributed by atoms with Crippen molar-refractivity contribution in [2.75, 3.05) is 29.1 Å². The highest BCUT2D eigenvalue weighted by atomic mass is 32.2. The fraction of sp³-hybridized carbons (Fsp3) is 0.350. The normalized spacial score (nSPS) is 18.3. The van der Waals surface area contributed by atoms with Gasteiger partial charge in [0.1, 0.15) is 11.4 Å². The van der Waals surface area contributed by atoms with Crippen LogP contribution in [0, 0.1) is 0 Å². The summed E-state index contributed by atoms with van der Waals surface area (Å²) in [5, 5.41) is 4.52. The zero-order chi connectivity index (χ0) is 20.8. The minimum Gasteiger partial charge on any atom is -0.351 e. The molecule has 1 fully saturated rings. The van der Waals surface area contributed by atoms with E-state index < -0.39 is 5.76 Å². The van der Waals surface area contributed by atoms with Gasteiger partial charge in [-0.05, 0) is 31.2 Å². The fourth-order valence-electron chi connectivity index (χ4n) is 4.14. The fourth-order valence-corrected chi connectivity index (χ4v) is 4.48. The molecule has 0 aliphatic carbocycles. The van der Waals surface area contributed by atoms with Gasteiger partial charge in [0.2, 0.25) is 0 Å². The molecule has 0 saturated carbocycles. The summed E-state index contributed by atoms with van der Waals surface area (Å²) in [6.45, 7) is 1.44. The van der Waals surface area contributed by atoms with E-state index in [1.54, 1.807) is 18.1 Å². The second-order valence-corrected chi connectivity index (χ2v) is 8.15. The maximum absolute atomic E-state index is 13.5. The number of nitrogens with zero attached hydrogens (tertiary/aromatic N) is 6. The maximum atomic E-state index is 13.5. The number of rotatable bonds is 3. The lowest BCUT2D eigenvalue weighted by atomic mass is 10.1. The summed E-state index contributed by atoms with van der Waals surface area (Å²) < 4.78 is 6.10. The van der Waals surface area contributed by atoms with Gasteiger partial charge in [0.05, 0.1) is 0 Å². The van der Waals surface area contributed by atoms with Crippen LogP contribution in [0.5, 0.6) is 0 Å². The smallest absolute Gasteiger partial charge is 0.351 e. The van der Waals surface area contributed by atoms with E-state index in [9.17, 15) is 9.59 Å². The number of thioether (sulfide) groups is 1. The van der Waals surface area contributed by atoms with Crippen LogP contribution in [0.3, 0.4) is 0 Å². The molecule has 9 nitrogen and oxygen atoms in total. The van der Waals surface area contributed by atoms with Crippen molar-refractivity contribution in [3.8, 4) is 11.4 Å². The molecule has 0 spiro atoms. The molecule has 1 saturated heterocycles. The second kappa shape index (κ2) is 7.28. The molecule has 0 bridgehead atoms. The quantitative estimate of drug-likeness (QED) is 0.466. The van der Waals surface area contributed by atoms with E-state index in [4.69, 9.17) is 4.52 Å². The molecule has 4 heterocycles. The summed E-state index contributed by atoms with van der Waals surface area (Å²) in [4.78, 5) is 38.2. The topological polar surface area (TPSA) is 97.4 Å². The number of carbonyl (C=O) groups excluding carboxylic acids is 1. The van der Waals surface area contributed by atoms with E-state index in [-0.39, 0.29) is 11.9 Å².